The Morgan fingerprint density at radius 3 is 2.45 bits per heavy atom. The van der Waals surface area contributed by atoms with Crippen LogP contribution in [0.3, 0.4) is 0 Å². The van der Waals surface area contributed by atoms with Crippen molar-refractivity contribution in [2.75, 3.05) is 0 Å². The zero-order valence-corrected chi connectivity index (χ0v) is 11.9. The molecule has 0 bridgehead atoms. The second-order valence-electron chi connectivity index (χ2n) is 6.34. The molecular weight excluding hydrogens is 256 g/mol. The van der Waals surface area contributed by atoms with Crippen molar-refractivity contribution in [2.45, 2.75) is 64.2 Å². The van der Waals surface area contributed by atoms with Crippen molar-refractivity contribution in [3.05, 3.63) is 11.6 Å². The van der Waals surface area contributed by atoms with Crippen LogP contribution in [0.4, 0.5) is 0 Å². The molecule has 4 nitrogen and oxygen atoms in total. The standard InChI is InChI=1S/C16H24O4/c17-14(18)13-7-4-9-16(11-13,15(19)20)10-8-12-5-2-1-3-6-12/h8,13H,1-7,9-11H2,(H,17,18)(H,19,20). The fraction of sp³-hybridized carbons (Fsp3) is 0.750. The Balaban J connectivity index is 2.08. The second-order valence-corrected chi connectivity index (χ2v) is 6.34. The van der Waals surface area contributed by atoms with Gasteiger partial charge in [-0.05, 0) is 51.4 Å². The van der Waals surface area contributed by atoms with Gasteiger partial charge in [0.2, 0.25) is 0 Å². The van der Waals surface area contributed by atoms with Gasteiger partial charge in [-0.2, -0.15) is 0 Å². The molecule has 0 radical (unpaired) electrons. The van der Waals surface area contributed by atoms with E-state index in [9.17, 15) is 14.7 Å². The first kappa shape index (κ1) is 15.1. The summed E-state index contributed by atoms with van der Waals surface area (Å²) in [5.41, 5.74) is 0.514. The molecule has 2 atom stereocenters. The molecule has 112 valence electrons. The third-order valence-corrected chi connectivity index (χ3v) is 4.93. The molecule has 0 amide bonds. The lowest BCUT2D eigenvalue weighted by Gasteiger charge is -2.35. The fourth-order valence-corrected chi connectivity index (χ4v) is 3.59. The Kier molecular flexibility index (Phi) is 4.84. The smallest absolute Gasteiger partial charge is 0.309 e. The molecule has 0 spiro atoms. The van der Waals surface area contributed by atoms with Crippen LogP contribution >= 0.6 is 0 Å². The van der Waals surface area contributed by atoms with Gasteiger partial charge in [0.05, 0.1) is 11.3 Å². The molecule has 2 unspecified atom stereocenters. The van der Waals surface area contributed by atoms with Crippen LogP contribution in [0.15, 0.2) is 11.6 Å². The fourth-order valence-electron chi connectivity index (χ4n) is 3.59. The monoisotopic (exact) mass is 280 g/mol. The van der Waals surface area contributed by atoms with E-state index in [2.05, 4.69) is 6.08 Å². The van der Waals surface area contributed by atoms with Gasteiger partial charge in [-0.25, -0.2) is 0 Å². The zero-order chi connectivity index (χ0) is 14.6. The van der Waals surface area contributed by atoms with Crippen molar-refractivity contribution in [3.8, 4) is 0 Å². The predicted molar refractivity (Wildman–Crippen MR) is 75.4 cm³/mol. The molecule has 0 heterocycles. The second kappa shape index (κ2) is 6.42. The van der Waals surface area contributed by atoms with Crippen LogP contribution in [0.25, 0.3) is 0 Å². The molecule has 2 aliphatic carbocycles. The van der Waals surface area contributed by atoms with Gasteiger partial charge in [0.25, 0.3) is 0 Å². The third kappa shape index (κ3) is 3.41. The summed E-state index contributed by atoms with van der Waals surface area (Å²) >= 11 is 0. The molecule has 2 saturated carbocycles. The minimum absolute atomic E-state index is 0.279. The number of hydrogen-bond donors (Lipinski definition) is 2. The van der Waals surface area contributed by atoms with Crippen LogP contribution in [0.5, 0.6) is 0 Å². The normalized spacial score (nSPS) is 30.8. The Bertz CT molecular complexity index is 405. The summed E-state index contributed by atoms with van der Waals surface area (Å²) in [4.78, 5) is 22.9. The Labute approximate surface area is 119 Å². The van der Waals surface area contributed by atoms with Crippen LogP contribution in [-0.4, -0.2) is 22.2 Å². The largest absolute Gasteiger partial charge is 0.481 e. The van der Waals surface area contributed by atoms with Crippen molar-refractivity contribution in [1.82, 2.24) is 0 Å². The van der Waals surface area contributed by atoms with Crippen molar-refractivity contribution < 1.29 is 19.8 Å². The number of allylic oxidation sites excluding steroid dienone is 2. The first-order valence-electron chi connectivity index (χ1n) is 7.68. The van der Waals surface area contributed by atoms with Gasteiger partial charge in [-0.3, -0.25) is 9.59 Å². The van der Waals surface area contributed by atoms with Gasteiger partial charge < -0.3 is 10.2 Å². The lowest BCUT2D eigenvalue weighted by atomic mass is 9.67. The highest BCUT2D eigenvalue weighted by atomic mass is 16.4. The number of rotatable bonds is 4. The van der Waals surface area contributed by atoms with E-state index in [1.807, 2.05) is 0 Å². The number of hydrogen-bond acceptors (Lipinski definition) is 2. The molecule has 20 heavy (non-hydrogen) atoms. The number of carboxylic acid groups (broad SMARTS) is 2. The zero-order valence-electron chi connectivity index (χ0n) is 11.9. The van der Waals surface area contributed by atoms with Gasteiger partial charge in [0.15, 0.2) is 0 Å². The maximum Gasteiger partial charge on any atom is 0.309 e. The summed E-state index contributed by atoms with van der Waals surface area (Å²) in [6.07, 6.45) is 10.6. The molecule has 0 aromatic heterocycles. The van der Waals surface area contributed by atoms with E-state index in [-0.39, 0.29) is 6.42 Å². The maximum atomic E-state index is 11.7. The summed E-state index contributed by atoms with van der Waals surface area (Å²) in [6.45, 7) is 0. The van der Waals surface area contributed by atoms with Crippen LogP contribution in [0.2, 0.25) is 0 Å². The molecule has 0 aliphatic heterocycles. The summed E-state index contributed by atoms with van der Waals surface area (Å²) < 4.78 is 0. The Morgan fingerprint density at radius 1 is 1.15 bits per heavy atom. The van der Waals surface area contributed by atoms with E-state index in [0.717, 1.165) is 12.8 Å². The van der Waals surface area contributed by atoms with E-state index in [0.29, 0.717) is 25.7 Å². The third-order valence-electron chi connectivity index (χ3n) is 4.93. The van der Waals surface area contributed by atoms with Gasteiger partial charge >= 0.3 is 11.9 Å². The SMILES string of the molecule is O=C(O)C1CCCC(CC=C2CCCCC2)(C(=O)O)C1. The average Bonchev–Trinajstić information content (AvgIpc) is 2.46. The number of carbonyl (C=O) groups is 2. The number of aliphatic carboxylic acids is 2. The maximum absolute atomic E-state index is 11.7. The minimum atomic E-state index is -0.855. The van der Waals surface area contributed by atoms with Crippen molar-refractivity contribution >= 4 is 11.9 Å². The highest BCUT2D eigenvalue weighted by molar-refractivity contribution is 5.77. The van der Waals surface area contributed by atoms with E-state index < -0.39 is 23.3 Å². The van der Waals surface area contributed by atoms with Crippen molar-refractivity contribution in [1.29, 1.82) is 0 Å². The van der Waals surface area contributed by atoms with E-state index >= 15 is 0 Å². The molecule has 4 heteroatoms. The Morgan fingerprint density at radius 2 is 1.85 bits per heavy atom. The first-order valence-corrected chi connectivity index (χ1v) is 7.68. The van der Waals surface area contributed by atoms with Gasteiger partial charge in [-0.1, -0.05) is 24.5 Å². The van der Waals surface area contributed by atoms with Crippen LogP contribution in [-0.2, 0) is 9.59 Å². The summed E-state index contributed by atoms with van der Waals surface area (Å²) in [5, 5.41) is 18.8. The summed E-state index contributed by atoms with van der Waals surface area (Å²) in [7, 11) is 0. The first-order chi connectivity index (χ1) is 9.53. The molecular formula is C16H24O4. The van der Waals surface area contributed by atoms with E-state index in [4.69, 9.17) is 5.11 Å². The van der Waals surface area contributed by atoms with E-state index in [1.54, 1.807) is 0 Å². The van der Waals surface area contributed by atoms with Crippen LogP contribution in [0, 0.1) is 11.3 Å². The summed E-state index contributed by atoms with van der Waals surface area (Å²) in [5.74, 6) is -2.17. The lowest BCUT2D eigenvalue weighted by molar-refractivity contribution is -0.155. The quantitative estimate of drug-likeness (QED) is 0.771. The van der Waals surface area contributed by atoms with Crippen LogP contribution < -0.4 is 0 Å². The van der Waals surface area contributed by atoms with Crippen LogP contribution in [0.1, 0.15) is 64.2 Å². The van der Waals surface area contributed by atoms with Crippen molar-refractivity contribution in [3.63, 3.8) is 0 Å². The van der Waals surface area contributed by atoms with Gasteiger partial charge in [0.1, 0.15) is 0 Å². The minimum Gasteiger partial charge on any atom is -0.481 e. The molecule has 2 N–H and O–H groups in total. The molecule has 2 rings (SSSR count). The molecule has 0 saturated heterocycles. The predicted octanol–water partition coefficient (Wildman–Crippen LogP) is 3.61. The highest BCUT2D eigenvalue weighted by Crippen LogP contribution is 2.43. The molecule has 0 aromatic rings. The molecule has 2 aliphatic rings. The summed E-state index contributed by atoms with van der Waals surface area (Å²) in [6, 6.07) is 0. The molecule has 2 fully saturated rings. The van der Waals surface area contributed by atoms with E-state index in [1.165, 1.54) is 24.8 Å². The van der Waals surface area contributed by atoms with Gasteiger partial charge in [-0.15, -0.1) is 0 Å². The van der Waals surface area contributed by atoms with Gasteiger partial charge in [0, 0.05) is 0 Å². The Hall–Kier alpha value is -1.32. The lowest BCUT2D eigenvalue weighted by Crippen LogP contribution is -2.38. The van der Waals surface area contributed by atoms with Crippen molar-refractivity contribution in [2.24, 2.45) is 11.3 Å². The topological polar surface area (TPSA) is 74.6 Å². The average molecular weight is 280 g/mol. The highest BCUT2D eigenvalue weighted by Gasteiger charge is 2.44. The molecule has 0 aromatic carbocycles. The number of carboxylic acids is 2.